The van der Waals surface area contributed by atoms with Crippen molar-refractivity contribution in [3.05, 3.63) is 24.3 Å². The molecular weight excluding hydrogens is 260 g/mol. The van der Waals surface area contributed by atoms with Crippen LogP contribution in [-0.2, 0) is 19.1 Å². The van der Waals surface area contributed by atoms with Gasteiger partial charge in [0.2, 0.25) is 11.8 Å². The standard InChI is InChI=1S/C14H18N2O4/c1-9(2)14(19)16-11-6-4-5-10(7-11)15-12(17)8-13(18)20-3/h4-7,9H,8H2,1-3H3,(H,15,17)(H,16,19). The summed E-state index contributed by atoms with van der Waals surface area (Å²) in [6.45, 7) is 3.58. The van der Waals surface area contributed by atoms with E-state index in [-0.39, 0.29) is 18.2 Å². The van der Waals surface area contributed by atoms with Gasteiger partial charge in [0.15, 0.2) is 0 Å². The molecule has 2 amide bonds. The van der Waals surface area contributed by atoms with Crippen molar-refractivity contribution in [2.24, 2.45) is 5.92 Å². The monoisotopic (exact) mass is 278 g/mol. The molecule has 108 valence electrons. The molecule has 0 aliphatic heterocycles. The molecular formula is C14H18N2O4. The number of carbonyl (C=O) groups is 3. The molecule has 1 rings (SSSR count). The van der Waals surface area contributed by atoms with E-state index in [0.29, 0.717) is 11.4 Å². The van der Waals surface area contributed by atoms with Crippen molar-refractivity contribution in [1.29, 1.82) is 0 Å². The summed E-state index contributed by atoms with van der Waals surface area (Å²) in [5.74, 6) is -1.31. The van der Waals surface area contributed by atoms with Crippen LogP contribution in [0.4, 0.5) is 11.4 Å². The second-order valence-electron chi connectivity index (χ2n) is 4.53. The highest BCUT2D eigenvalue weighted by atomic mass is 16.5. The Morgan fingerprint density at radius 2 is 1.75 bits per heavy atom. The number of benzene rings is 1. The molecule has 0 bridgehead atoms. The molecule has 0 aromatic heterocycles. The summed E-state index contributed by atoms with van der Waals surface area (Å²) in [4.78, 5) is 34.1. The van der Waals surface area contributed by atoms with Gasteiger partial charge < -0.3 is 15.4 Å². The summed E-state index contributed by atoms with van der Waals surface area (Å²) in [5.41, 5.74) is 1.08. The van der Waals surface area contributed by atoms with Crippen molar-refractivity contribution >= 4 is 29.2 Å². The zero-order valence-electron chi connectivity index (χ0n) is 11.7. The normalized spacial score (nSPS) is 10.0. The first-order valence-electron chi connectivity index (χ1n) is 6.20. The van der Waals surface area contributed by atoms with E-state index in [0.717, 1.165) is 0 Å². The summed E-state index contributed by atoms with van der Waals surface area (Å²) in [7, 11) is 1.22. The first-order valence-corrected chi connectivity index (χ1v) is 6.20. The van der Waals surface area contributed by atoms with Crippen LogP contribution in [0.5, 0.6) is 0 Å². The summed E-state index contributed by atoms with van der Waals surface area (Å²) in [6, 6.07) is 6.70. The Balaban J connectivity index is 2.66. The van der Waals surface area contributed by atoms with Gasteiger partial charge in [-0.2, -0.15) is 0 Å². The van der Waals surface area contributed by atoms with Crippen molar-refractivity contribution < 1.29 is 19.1 Å². The van der Waals surface area contributed by atoms with Gasteiger partial charge >= 0.3 is 5.97 Å². The molecule has 0 heterocycles. The number of carbonyl (C=O) groups excluding carboxylic acids is 3. The molecule has 6 heteroatoms. The fourth-order valence-electron chi connectivity index (χ4n) is 1.37. The molecule has 1 aromatic carbocycles. The number of anilines is 2. The molecule has 0 unspecified atom stereocenters. The highest BCUT2D eigenvalue weighted by molar-refractivity contribution is 6.02. The van der Waals surface area contributed by atoms with Crippen LogP contribution < -0.4 is 10.6 Å². The molecule has 6 nitrogen and oxygen atoms in total. The molecule has 0 aliphatic rings. The van der Waals surface area contributed by atoms with Crippen LogP contribution in [0.1, 0.15) is 20.3 Å². The third-order valence-corrected chi connectivity index (χ3v) is 2.47. The molecule has 0 aliphatic carbocycles. The predicted octanol–water partition coefficient (Wildman–Crippen LogP) is 1.78. The van der Waals surface area contributed by atoms with Crippen molar-refractivity contribution in [3.63, 3.8) is 0 Å². The quantitative estimate of drug-likeness (QED) is 0.635. The first-order chi connectivity index (χ1) is 9.42. The van der Waals surface area contributed by atoms with Gasteiger partial charge in [-0.25, -0.2) is 0 Å². The van der Waals surface area contributed by atoms with Gasteiger partial charge in [0, 0.05) is 17.3 Å². The maximum absolute atomic E-state index is 11.6. The van der Waals surface area contributed by atoms with Crippen LogP contribution in [0.15, 0.2) is 24.3 Å². The third kappa shape index (κ3) is 5.09. The van der Waals surface area contributed by atoms with Gasteiger partial charge in [-0.1, -0.05) is 19.9 Å². The Kier molecular flexibility index (Phi) is 5.71. The second kappa shape index (κ2) is 7.28. The number of nitrogens with one attached hydrogen (secondary N) is 2. The molecule has 0 fully saturated rings. The highest BCUT2D eigenvalue weighted by Crippen LogP contribution is 2.16. The van der Waals surface area contributed by atoms with E-state index in [1.165, 1.54) is 7.11 Å². The minimum absolute atomic E-state index is 0.108. The van der Waals surface area contributed by atoms with Crippen LogP contribution in [0, 0.1) is 5.92 Å². The summed E-state index contributed by atoms with van der Waals surface area (Å²) in [6.07, 6.45) is -0.348. The van der Waals surface area contributed by atoms with E-state index < -0.39 is 11.9 Å². The lowest BCUT2D eigenvalue weighted by molar-refractivity contribution is -0.142. The van der Waals surface area contributed by atoms with Gasteiger partial charge in [0.05, 0.1) is 7.11 Å². The molecule has 2 N–H and O–H groups in total. The third-order valence-electron chi connectivity index (χ3n) is 2.47. The zero-order chi connectivity index (χ0) is 15.1. The fourth-order valence-corrected chi connectivity index (χ4v) is 1.37. The highest BCUT2D eigenvalue weighted by Gasteiger charge is 2.11. The number of hydrogen-bond acceptors (Lipinski definition) is 4. The smallest absolute Gasteiger partial charge is 0.315 e. The largest absolute Gasteiger partial charge is 0.469 e. The summed E-state index contributed by atoms with van der Waals surface area (Å²) < 4.78 is 4.40. The second-order valence-corrected chi connectivity index (χ2v) is 4.53. The van der Waals surface area contributed by atoms with Gasteiger partial charge in [0.1, 0.15) is 6.42 Å². The number of methoxy groups -OCH3 is 1. The number of amides is 2. The zero-order valence-corrected chi connectivity index (χ0v) is 11.7. The van der Waals surface area contributed by atoms with Crippen LogP contribution in [0.25, 0.3) is 0 Å². The van der Waals surface area contributed by atoms with Crippen molar-refractivity contribution in [2.75, 3.05) is 17.7 Å². The van der Waals surface area contributed by atoms with Crippen molar-refractivity contribution in [1.82, 2.24) is 0 Å². The average Bonchev–Trinajstić information content (AvgIpc) is 2.38. The average molecular weight is 278 g/mol. The predicted molar refractivity (Wildman–Crippen MR) is 75.2 cm³/mol. The van der Waals surface area contributed by atoms with Crippen molar-refractivity contribution in [2.45, 2.75) is 20.3 Å². The van der Waals surface area contributed by atoms with Gasteiger partial charge in [-0.05, 0) is 18.2 Å². The van der Waals surface area contributed by atoms with Crippen LogP contribution in [-0.4, -0.2) is 24.9 Å². The van der Waals surface area contributed by atoms with Crippen LogP contribution >= 0.6 is 0 Å². The van der Waals surface area contributed by atoms with E-state index in [1.54, 1.807) is 38.1 Å². The molecule has 1 aromatic rings. The number of esters is 1. The Labute approximate surface area is 117 Å². The lowest BCUT2D eigenvalue weighted by Gasteiger charge is -2.10. The Hall–Kier alpha value is -2.37. The Morgan fingerprint density at radius 1 is 1.15 bits per heavy atom. The van der Waals surface area contributed by atoms with E-state index >= 15 is 0 Å². The topological polar surface area (TPSA) is 84.5 Å². The van der Waals surface area contributed by atoms with Gasteiger partial charge in [-0.3, -0.25) is 14.4 Å². The lowest BCUT2D eigenvalue weighted by atomic mass is 10.2. The van der Waals surface area contributed by atoms with E-state index in [1.807, 2.05) is 0 Å². The lowest BCUT2D eigenvalue weighted by Crippen LogP contribution is -2.19. The SMILES string of the molecule is COC(=O)CC(=O)Nc1cccc(NC(=O)C(C)C)c1. The summed E-state index contributed by atoms with van der Waals surface area (Å²) >= 11 is 0. The maximum atomic E-state index is 11.6. The van der Waals surface area contributed by atoms with Gasteiger partial charge in [-0.15, -0.1) is 0 Å². The number of ether oxygens (including phenoxy) is 1. The van der Waals surface area contributed by atoms with E-state index in [2.05, 4.69) is 15.4 Å². The van der Waals surface area contributed by atoms with Gasteiger partial charge in [0.25, 0.3) is 0 Å². The van der Waals surface area contributed by atoms with Crippen LogP contribution in [0.2, 0.25) is 0 Å². The van der Waals surface area contributed by atoms with Crippen molar-refractivity contribution in [3.8, 4) is 0 Å². The van der Waals surface area contributed by atoms with E-state index in [4.69, 9.17) is 0 Å². The maximum Gasteiger partial charge on any atom is 0.315 e. The number of hydrogen-bond donors (Lipinski definition) is 2. The first kappa shape index (κ1) is 15.7. The Bertz CT molecular complexity index is 512. The molecule has 0 spiro atoms. The Morgan fingerprint density at radius 3 is 2.30 bits per heavy atom. The summed E-state index contributed by atoms with van der Waals surface area (Å²) in [5, 5.41) is 5.28. The minimum Gasteiger partial charge on any atom is -0.469 e. The fraction of sp³-hybridized carbons (Fsp3) is 0.357. The molecule has 20 heavy (non-hydrogen) atoms. The molecule has 0 saturated carbocycles. The van der Waals surface area contributed by atoms with Crippen LogP contribution in [0.3, 0.4) is 0 Å². The molecule has 0 radical (unpaired) electrons. The molecule has 0 atom stereocenters. The minimum atomic E-state index is -0.605. The number of rotatable bonds is 5. The molecule has 0 saturated heterocycles. The van der Waals surface area contributed by atoms with E-state index in [9.17, 15) is 14.4 Å².